The number of carbonyl (C=O) groups excluding carboxylic acids is 1. The van der Waals surface area contributed by atoms with Crippen molar-refractivity contribution in [2.45, 2.75) is 46.3 Å². The van der Waals surface area contributed by atoms with E-state index in [9.17, 15) is 4.79 Å². The first-order chi connectivity index (χ1) is 12.0. The van der Waals surface area contributed by atoms with Gasteiger partial charge in [-0.25, -0.2) is 0 Å². The number of rotatable bonds is 8. The normalized spacial score (nSPS) is 13.8. The lowest BCUT2D eigenvalue weighted by Gasteiger charge is -2.17. The van der Waals surface area contributed by atoms with Gasteiger partial charge in [0, 0.05) is 38.2 Å². The maximum Gasteiger partial charge on any atom is 0.223 e. The molecule has 0 radical (unpaired) electrons. The lowest BCUT2D eigenvalue weighted by molar-refractivity contribution is -0.122. The van der Waals surface area contributed by atoms with E-state index in [4.69, 9.17) is 4.74 Å². The third kappa shape index (κ3) is 7.80. The van der Waals surface area contributed by atoms with Crippen LogP contribution in [0.25, 0.3) is 0 Å². The molecule has 1 saturated carbocycles. The van der Waals surface area contributed by atoms with Crippen molar-refractivity contribution in [2.75, 3.05) is 20.1 Å². The van der Waals surface area contributed by atoms with Crippen LogP contribution in [0.4, 0.5) is 0 Å². The molecule has 0 aromatic heterocycles. The summed E-state index contributed by atoms with van der Waals surface area (Å²) in [7, 11) is 1.73. The summed E-state index contributed by atoms with van der Waals surface area (Å²) in [6.45, 7) is 7.97. The van der Waals surface area contributed by atoms with Crippen molar-refractivity contribution in [3.8, 4) is 5.75 Å². The summed E-state index contributed by atoms with van der Waals surface area (Å²) < 4.78 is 5.90. The van der Waals surface area contributed by atoms with E-state index in [-0.39, 0.29) is 41.9 Å². The Morgan fingerprint density at radius 3 is 2.54 bits per heavy atom. The summed E-state index contributed by atoms with van der Waals surface area (Å²) in [5.74, 6) is 2.02. The minimum atomic E-state index is 0. The Morgan fingerprint density at radius 1 is 1.23 bits per heavy atom. The van der Waals surface area contributed by atoms with Crippen LogP contribution in [0.1, 0.15) is 37.8 Å². The summed E-state index contributed by atoms with van der Waals surface area (Å²) in [6.07, 6.45) is 2.19. The molecule has 0 aliphatic heterocycles. The van der Waals surface area contributed by atoms with Crippen molar-refractivity contribution in [1.29, 1.82) is 0 Å². The van der Waals surface area contributed by atoms with E-state index < -0.39 is 0 Å². The van der Waals surface area contributed by atoms with Crippen molar-refractivity contribution in [2.24, 2.45) is 10.9 Å². The van der Waals surface area contributed by atoms with Gasteiger partial charge < -0.3 is 20.7 Å². The Morgan fingerprint density at radius 2 is 1.92 bits per heavy atom. The largest absolute Gasteiger partial charge is 0.491 e. The fourth-order valence-electron chi connectivity index (χ4n) is 2.43. The van der Waals surface area contributed by atoms with Gasteiger partial charge in [-0.15, -0.1) is 24.0 Å². The molecule has 1 aliphatic rings. The zero-order chi connectivity index (χ0) is 18.2. The van der Waals surface area contributed by atoms with Gasteiger partial charge in [-0.2, -0.15) is 0 Å². The number of guanidine groups is 1. The summed E-state index contributed by atoms with van der Waals surface area (Å²) in [5.41, 5.74) is 2.26. The molecule has 1 amide bonds. The molecule has 1 fully saturated rings. The molecular weight excluding hydrogens is 443 g/mol. The summed E-state index contributed by atoms with van der Waals surface area (Å²) in [6, 6.07) is 6.21. The van der Waals surface area contributed by atoms with Gasteiger partial charge in [-0.05, 0) is 45.2 Å². The smallest absolute Gasteiger partial charge is 0.223 e. The van der Waals surface area contributed by atoms with Gasteiger partial charge in [0.15, 0.2) is 5.96 Å². The molecule has 2 rings (SSSR count). The van der Waals surface area contributed by atoms with Crippen LogP contribution < -0.4 is 20.7 Å². The molecule has 6 nitrogen and oxygen atoms in total. The maximum absolute atomic E-state index is 11.6. The highest BCUT2D eigenvalue weighted by atomic mass is 127. The number of hydrogen-bond donors (Lipinski definition) is 3. The number of halogens is 1. The molecule has 26 heavy (non-hydrogen) atoms. The molecule has 0 unspecified atom stereocenters. The fraction of sp³-hybridized carbons (Fsp3) is 0.579. The Bertz CT molecular complexity index is 616. The molecule has 0 spiro atoms. The standard InChI is InChI=1S/C19H30N4O2.HI/c1-13(2)25-17-11-14(3)5-6-16(17)12-23-19(20-4)22-10-9-21-18(24)15-7-8-15;/h5-6,11,13,15H,7-10,12H2,1-4H3,(H,21,24)(H2,20,22,23);1H. The third-order valence-corrected chi connectivity index (χ3v) is 3.92. The van der Waals surface area contributed by atoms with Crippen LogP contribution >= 0.6 is 24.0 Å². The molecular formula is C19H31IN4O2. The second-order valence-electron chi connectivity index (χ2n) is 6.70. The molecule has 0 atom stereocenters. The number of benzene rings is 1. The zero-order valence-corrected chi connectivity index (χ0v) is 18.4. The van der Waals surface area contributed by atoms with E-state index in [0.29, 0.717) is 25.6 Å². The highest BCUT2D eigenvalue weighted by molar-refractivity contribution is 14.0. The van der Waals surface area contributed by atoms with Crippen molar-refractivity contribution in [1.82, 2.24) is 16.0 Å². The minimum absolute atomic E-state index is 0. The molecule has 3 N–H and O–H groups in total. The van der Waals surface area contributed by atoms with Crippen LogP contribution in [0.5, 0.6) is 5.75 Å². The Balaban J connectivity index is 0.00000338. The van der Waals surface area contributed by atoms with Gasteiger partial charge in [-0.1, -0.05) is 12.1 Å². The van der Waals surface area contributed by atoms with Crippen LogP contribution in [0, 0.1) is 12.8 Å². The van der Waals surface area contributed by atoms with Crippen molar-refractivity contribution in [3.05, 3.63) is 29.3 Å². The predicted octanol–water partition coefficient (Wildman–Crippen LogP) is 2.59. The quantitative estimate of drug-likeness (QED) is 0.235. The van der Waals surface area contributed by atoms with Gasteiger partial charge in [-0.3, -0.25) is 9.79 Å². The average molecular weight is 474 g/mol. The van der Waals surface area contributed by atoms with Crippen molar-refractivity contribution < 1.29 is 9.53 Å². The molecule has 1 aromatic carbocycles. The molecule has 0 bridgehead atoms. The van der Waals surface area contributed by atoms with Gasteiger partial charge in [0.1, 0.15) is 5.75 Å². The van der Waals surface area contributed by atoms with E-state index in [1.54, 1.807) is 7.05 Å². The zero-order valence-electron chi connectivity index (χ0n) is 16.1. The monoisotopic (exact) mass is 474 g/mol. The van der Waals surface area contributed by atoms with Crippen LogP contribution in [-0.4, -0.2) is 38.1 Å². The van der Waals surface area contributed by atoms with Crippen LogP contribution in [0.15, 0.2) is 23.2 Å². The second kappa shape index (κ2) is 11.3. The number of amides is 1. The fourth-order valence-corrected chi connectivity index (χ4v) is 2.43. The lowest BCUT2D eigenvalue weighted by atomic mass is 10.1. The van der Waals surface area contributed by atoms with Gasteiger partial charge in [0.25, 0.3) is 0 Å². The van der Waals surface area contributed by atoms with Gasteiger partial charge in [0.2, 0.25) is 5.91 Å². The molecule has 0 saturated heterocycles. The van der Waals surface area contributed by atoms with Gasteiger partial charge in [0.05, 0.1) is 6.10 Å². The number of carbonyl (C=O) groups is 1. The number of aryl methyl sites for hydroxylation is 1. The second-order valence-corrected chi connectivity index (χ2v) is 6.70. The van der Waals surface area contributed by atoms with Crippen LogP contribution in [-0.2, 0) is 11.3 Å². The summed E-state index contributed by atoms with van der Waals surface area (Å²) in [5, 5.41) is 9.43. The number of nitrogens with one attached hydrogen (secondary N) is 3. The molecule has 1 aliphatic carbocycles. The predicted molar refractivity (Wildman–Crippen MR) is 116 cm³/mol. The van der Waals surface area contributed by atoms with E-state index in [0.717, 1.165) is 24.2 Å². The lowest BCUT2D eigenvalue weighted by Crippen LogP contribution is -2.41. The Hall–Kier alpha value is -1.51. The van der Waals surface area contributed by atoms with Gasteiger partial charge >= 0.3 is 0 Å². The molecule has 0 heterocycles. The molecule has 1 aromatic rings. The molecule has 146 valence electrons. The highest BCUT2D eigenvalue weighted by Crippen LogP contribution is 2.28. The van der Waals surface area contributed by atoms with Crippen molar-refractivity contribution >= 4 is 35.8 Å². The third-order valence-electron chi connectivity index (χ3n) is 3.92. The highest BCUT2D eigenvalue weighted by Gasteiger charge is 2.28. The first kappa shape index (κ1) is 22.5. The Kier molecular flexibility index (Phi) is 9.75. The SMILES string of the molecule is CN=C(NCCNC(=O)C1CC1)NCc1ccc(C)cc1OC(C)C.I. The summed E-state index contributed by atoms with van der Waals surface area (Å²) >= 11 is 0. The topological polar surface area (TPSA) is 74.8 Å². The Labute approximate surface area is 173 Å². The minimum Gasteiger partial charge on any atom is -0.491 e. The number of hydrogen-bond acceptors (Lipinski definition) is 3. The number of ether oxygens (including phenoxy) is 1. The van der Waals surface area contributed by atoms with Crippen LogP contribution in [0.2, 0.25) is 0 Å². The summed E-state index contributed by atoms with van der Waals surface area (Å²) in [4.78, 5) is 15.8. The first-order valence-corrected chi connectivity index (χ1v) is 8.98. The van der Waals surface area contributed by atoms with Crippen molar-refractivity contribution in [3.63, 3.8) is 0 Å². The van der Waals surface area contributed by atoms with E-state index in [1.807, 2.05) is 13.8 Å². The number of aliphatic imine (C=N–C) groups is 1. The first-order valence-electron chi connectivity index (χ1n) is 8.98. The average Bonchev–Trinajstić information content (AvgIpc) is 3.40. The van der Waals surface area contributed by atoms with E-state index in [2.05, 4.69) is 46.1 Å². The molecule has 7 heteroatoms. The number of nitrogens with zero attached hydrogens (tertiary/aromatic N) is 1. The van der Waals surface area contributed by atoms with E-state index >= 15 is 0 Å². The van der Waals surface area contributed by atoms with E-state index in [1.165, 1.54) is 5.56 Å². The maximum atomic E-state index is 11.6. The van der Waals surface area contributed by atoms with Crippen LogP contribution in [0.3, 0.4) is 0 Å².